The van der Waals surface area contributed by atoms with Gasteiger partial charge >= 0.3 is 0 Å². The summed E-state index contributed by atoms with van der Waals surface area (Å²) in [6.45, 7) is 6.33. The Morgan fingerprint density at radius 2 is 1.69 bits per heavy atom. The molecule has 4 heteroatoms. The van der Waals surface area contributed by atoms with Crippen LogP contribution in [-0.2, 0) is 14.4 Å². The lowest BCUT2D eigenvalue weighted by Gasteiger charge is -2.21. The summed E-state index contributed by atoms with van der Waals surface area (Å²) in [6.07, 6.45) is 0.561. The quantitative estimate of drug-likeness (QED) is 0.605. The Morgan fingerprint density at radius 3 is 2.08 bits per heavy atom. The molecule has 1 aliphatic heterocycles. The molecule has 1 heterocycles. The maximum Gasteiger partial charge on any atom is 0.253 e. The molecule has 0 aliphatic carbocycles. The summed E-state index contributed by atoms with van der Waals surface area (Å²) in [7, 11) is 0. The van der Waals surface area contributed by atoms with Gasteiger partial charge in [0.2, 0.25) is 0 Å². The van der Waals surface area contributed by atoms with Gasteiger partial charge in [-0.15, -0.1) is 0 Å². The van der Waals surface area contributed by atoms with Crippen LogP contribution in [0.1, 0.15) is 33.6 Å². The van der Waals surface area contributed by atoms with Crippen LogP contribution in [0.2, 0.25) is 0 Å². The van der Waals surface area contributed by atoms with E-state index in [0.29, 0.717) is 6.61 Å². The monoisotopic (exact) mass is 185 g/mol. The van der Waals surface area contributed by atoms with Crippen molar-refractivity contribution >= 4 is 11.8 Å². The van der Waals surface area contributed by atoms with Crippen molar-refractivity contribution in [3.8, 4) is 0 Å². The third-order valence-electron chi connectivity index (χ3n) is 1.63. The first-order valence-corrected chi connectivity index (χ1v) is 4.39. The van der Waals surface area contributed by atoms with Crippen molar-refractivity contribution in [2.75, 3.05) is 6.61 Å². The summed E-state index contributed by atoms with van der Waals surface area (Å²) < 4.78 is 0. The van der Waals surface area contributed by atoms with Crippen LogP contribution < -0.4 is 0 Å². The smallest absolute Gasteiger partial charge is 0.253 e. The van der Waals surface area contributed by atoms with Gasteiger partial charge in [-0.05, 0) is 5.41 Å². The van der Waals surface area contributed by atoms with Gasteiger partial charge in [0.1, 0.15) is 0 Å². The molecular weight excluding hydrogens is 170 g/mol. The molecule has 1 rings (SSSR count). The van der Waals surface area contributed by atoms with E-state index in [2.05, 4.69) is 0 Å². The molecule has 0 atom stereocenters. The molecule has 1 aliphatic rings. The van der Waals surface area contributed by atoms with E-state index in [0.717, 1.165) is 5.06 Å². The average molecular weight is 185 g/mol. The number of carbonyl (C=O) groups is 2. The van der Waals surface area contributed by atoms with Gasteiger partial charge in [-0.2, -0.15) is 5.06 Å². The molecule has 0 N–H and O–H groups in total. The molecule has 0 bridgehead atoms. The van der Waals surface area contributed by atoms with Crippen LogP contribution in [0, 0.1) is 5.41 Å². The number of imide groups is 1. The summed E-state index contributed by atoms with van der Waals surface area (Å²) in [5.41, 5.74) is -0.0385. The van der Waals surface area contributed by atoms with Gasteiger partial charge in [0.25, 0.3) is 11.8 Å². The Balaban J connectivity index is 2.45. The minimum absolute atomic E-state index is 0.0385. The average Bonchev–Trinajstić information content (AvgIpc) is 2.27. The standard InChI is InChI=1S/C9H15NO3/c1-9(2,3)6-13-10-7(11)4-5-8(10)12/h4-6H2,1-3H3. The summed E-state index contributed by atoms with van der Waals surface area (Å²) in [5, 5.41) is 0.894. The molecule has 0 radical (unpaired) electrons. The van der Waals surface area contributed by atoms with Crippen molar-refractivity contribution in [1.29, 1.82) is 0 Å². The van der Waals surface area contributed by atoms with Crippen LogP contribution in [0.5, 0.6) is 0 Å². The van der Waals surface area contributed by atoms with Gasteiger partial charge in [0.15, 0.2) is 0 Å². The molecule has 0 aromatic carbocycles. The highest BCUT2D eigenvalue weighted by Crippen LogP contribution is 2.17. The Morgan fingerprint density at radius 1 is 1.23 bits per heavy atom. The van der Waals surface area contributed by atoms with E-state index < -0.39 is 0 Å². The van der Waals surface area contributed by atoms with Crippen molar-refractivity contribution < 1.29 is 14.4 Å². The first-order valence-electron chi connectivity index (χ1n) is 4.39. The second-order valence-electron chi connectivity index (χ2n) is 4.42. The molecule has 4 nitrogen and oxygen atoms in total. The van der Waals surface area contributed by atoms with Gasteiger partial charge in [-0.1, -0.05) is 20.8 Å². The molecule has 1 fully saturated rings. The van der Waals surface area contributed by atoms with Crippen LogP contribution in [0.4, 0.5) is 0 Å². The molecule has 13 heavy (non-hydrogen) atoms. The largest absolute Gasteiger partial charge is 0.272 e. The van der Waals surface area contributed by atoms with Crippen molar-refractivity contribution in [1.82, 2.24) is 5.06 Å². The van der Waals surface area contributed by atoms with Crippen molar-refractivity contribution in [2.24, 2.45) is 5.41 Å². The van der Waals surface area contributed by atoms with E-state index in [9.17, 15) is 9.59 Å². The number of hydrogen-bond acceptors (Lipinski definition) is 3. The second-order valence-corrected chi connectivity index (χ2v) is 4.42. The molecule has 2 amide bonds. The second kappa shape index (κ2) is 3.46. The van der Waals surface area contributed by atoms with Gasteiger partial charge in [-0.25, -0.2) is 0 Å². The maximum absolute atomic E-state index is 11.1. The van der Waals surface area contributed by atoms with E-state index >= 15 is 0 Å². The molecular formula is C9H15NO3. The predicted octanol–water partition coefficient (Wildman–Crippen LogP) is 1.11. The van der Waals surface area contributed by atoms with E-state index in [1.807, 2.05) is 20.8 Å². The predicted molar refractivity (Wildman–Crippen MR) is 46.5 cm³/mol. The van der Waals surface area contributed by atoms with Crippen LogP contribution >= 0.6 is 0 Å². The number of rotatable bonds is 2. The zero-order chi connectivity index (χ0) is 10.1. The number of nitrogens with zero attached hydrogens (tertiary/aromatic N) is 1. The molecule has 1 saturated heterocycles. The molecule has 0 aromatic rings. The van der Waals surface area contributed by atoms with Crippen LogP contribution in [-0.4, -0.2) is 23.5 Å². The summed E-state index contributed by atoms with van der Waals surface area (Å²) >= 11 is 0. The summed E-state index contributed by atoms with van der Waals surface area (Å²) in [5.74, 6) is -0.455. The van der Waals surface area contributed by atoms with Crippen molar-refractivity contribution in [2.45, 2.75) is 33.6 Å². The fraction of sp³-hybridized carbons (Fsp3) is 0.778. The third-order valence-corrected chi connectivity index (χ3v) is 1.63. The number of hydrogen-bond donors (Lipinski definition) is 0. The molecule has 0 unspecified atom stereocenters. The maximum atomic E-state index is 11.1. The lowest BCUT2D eigenvalue weighted by molar-refractivity contribution is -0.194. The first-order chi connectivity index (χ1) is 5.90. The van der Waals surface area contributed by atoms with Crippen LogP contribution in [0.25, 0.3) is 0 Å². The highest BCUT2D eigenvalue weighted by atomic mass is 16.7. The van der Waals surface area contributed by atoms with E-state index in [1.54, 1.807) is 0 Å². The minimum Gasteiger partial charge on any atom is -0.272 e. The van der Waals surface area contributed by atoms with E-state index in [1.165, 1.54) is 0 Å². The number of amides is 2. The highest BCUT2D eigenvalue weighted by Gasteiger charge is 2.31. The molecule has 0 saturated carbocycles. The van der Waals surface area contributed by atoms with Gasteiger partial charge in [0, 0.05) is 12.8 Å². The molecule has 0 spiro atoms. The Kier molecular flexibility index (Phi) is 2.71. The minimum atomic E-state index is -0.228. The lowest BCUT2D eigenvalue weighted by Crippen LogP contribution is -2.32. The molecule has 74 valence electrons. The summed E-state index contributed by atoms with van der Waals surface area (Å²) in [6, 6.07) is 0. The van der Waals surface area contributed by atoms with Crippen LogP contribution in [0.3, 0.4) is 0 Å². The van der Waals surface area contributed by atoms with Gasteiger partial charge in [0.05, 0.1) is 6.61 Å². The third kappa shape index (κ3) is 2.81. The van der Waals surface area contributed by atoms with Gasteiger partial charge < -0.3 is 0 Å². The SMILES string of the molecule is CC(C)(C)CON1C(=O)CCC1=O. The van der Waals surface area contributed by atoms with Gasteiger partial charge in [-0.3, -0.25) is 14.4 Å². The molecule has 0 aromatic heterocycles. The van der Waals surface area contributed by atoms with E-state index in [4.69, 9.17) is 4.84 Å². The highest BCUT2D eigenvalue weighted by molar-refractivity contribution is 6.00. The zero-order valence-electron chi connectivity index (χ0n) is 8.29. The fourth-order valence-corrected chi connectivity index (χ4v) is 0.958. The summed E-state index contributed by atoms with van der Waals surface area (Å²) in [4.78, 5) is 27.3. The Hall–Kier alpha value is -0.900. The van der Waals surface area contributed by atoms with Crippen molar-refractivity contribution in [3.05, 3.63) is 0 Å². The van der Waals surface area contributed by atoms with Crippen molar-refractivity contribution in [3.63, 3.8) is 0 Å². The Bertz CT molecular complexity index is 214. The first kappa shape index (κ1) is 10.2. The Labute approximate surface area is 77.8 Å². The normalized spacial score (nSPS) is 18.5. The fourth-order valence-electron chi connectivity index (χ4n) is 0.958. The zero-order valence-corrected chi connectivity index (χ0v) is 8.29. The van der Waals surface area contributed by atoms with E-state index in [-0.39, 0.29) is 30.1 Å². The number of hydroxylamine groups is 2. The topological polar surface area (TPSA) is 46.6 Å². The van der Waals surface area contributed by atoms with Crippen LogP contribution in [0.15, 0.2) is 0 Å². The number of carbonyl (C=O) groups excluding carboxylic acids is 2. The lowest BCUT2D eigenvalue weighted by atomic mass is 9.99.